The quantitative estimate of drug-likeness (QED) is 0.860. The van der Waals surface area contributed by atoms with Crippen molar-refractivity contribution in [2.24, 2.45) is 5.92 Å². The highest BCUT2D eigenvalue weighted by atomic mass is 35.5. The number of carbonyl (C=O) groups excluding carboxylic acids is 2. The molecule has 6 heteroatoms. The Morgan fingerprint density at radius 1 is 1.12 bits per heavy atom. The molecule has 1 unspecified atom stereocenters. The van der Waals surface area contributed by atoms with E-state index in [-0.39, 0.29) is 17.9 Å². The predicted molar refractivity (Wildman–Crippen MR) is 98.4 cm³/mol. The van der Waals surface area contributed by atoms with E-state index in [1.165, 1.54) is 0 Å². The summed E-state index contributed by atoms with van der Waals surface area (Å²) in [5.74, 6) is 0.246. The van der Waals surface area contributed by atoms with E-state index in [1.54, 1.807) is 24.3 Å². The SMILES string of the molecule is O=C(NCC1CC(=O)N(Cc2ccccc2)C1)Nc1ccccc1Cl. The number of halogens is 1. The first-order valence-corrected chi connectivity index (χ1v) is 8.60. The lowest BCUT2D eigenvalue weighted by atomic mass is 10.1. The number of urea groups is 1. The second-order valence-corrected chi connectivity index (χ2v) is 6.55. The van der Waals surface area contributed by atoms with Crippen molar-refractivity contribution in [3.63, 3.8) is 0 Å². The number of amides is 3. The Morgan fingerprint density at radius 3 is 2.60 bits per heavy atom. The fraction of sp³-hybridized carbons (Fsp3) is 0.263. The molecule has 1 fully saturated rings. The Morgan fingerprint density at radius 2 is 1.84 bits per heavy atom. The Bertz CT molecular complexity index is 751. The third kappa shape index (κ3) is 4.73. The molecule has 0 bridgehead atoms. The van der Waals surface area contributed by atoms with E-state index >= 15 is 0 Å². The number of anilines is 1. The Hall–Kier alpha value is -2.53. The summed E-state index contributed by atoms with van der Waals surface area (Å²) in [5, 5.41) is 6.02. The average molecular weight is 358 g/mol. The molecule has 0 saturated carbocycles. The van der Waals surface area contributed by atoms with Gasteiger partial charge in [0.25, 0.3) is 0 Å². The van der Waals surface area contributed by atoms with Crippen LogP contribution in [0.4, 0.5) is 10.5 Å². The molecule has 2 aromatic carbocycles. The minimum Gasteiger partial charge on any atom is -0.338 e. The molecule has 1 aliphatic rings. The third-order valence-corrected chi connectivity index (χ3v) is 4.51. The number of nitrogens with zero attached hydrogens (tertiary/aromatic N) is 1. The minimum absolute atomic E-state index is 0.119. The fourth-order valence-corrected chi connectivity index (χ4v) is 3.10. The number of benzene rings is 2. The largest absolute Gasteiger partial charge is 0.338 e. The van der Waals surface area contributed by atoms with Gasteiger partial charge in [0.15, 0.2) is 0 Å². The number of rotatable bonds is 5. The van der Waals surface area contributed by atoms with Crippen LogP contribution < -0.4 is 10.6 Å². The van der Waals surface area contributed by atoms with Gasteiger partial charge in [-0.25, -0.2) is 4.79 Å². The van der Waals surface area contributed by atoms with Crippen molar-refractivity contribution in [3.8, 4) is 0 Å². The van der Waals surface area contributed by atoms with E-state index in [9.17, 15) is 9.59 Å². The van der Waals surface area contributed by atoms with E-state index < -0.39 is 0 Å². The Labute approximate surface area is 152 Å². The van der Waals surface area contributed by atoms with Gasteiger partial charge in [0.1, 0.15) is 0 Å². The highest BCUT2D eigenvalue weighted by Crippen LogP contribution is 2.21. The molecule has 0 radical (unpaired) electrons. The van der Waals surface area contributed by atoms with E-state index in [0.717, 1.165) is 5.56 Å². The van der Waals surface area contributed by atoms with Crippen LogP contribution in [0.25, 0.3) is 0 Å². The number of hydrogen-bond acceptors (Lipinski definition) is 2. The second-order valence-electron chi connectivity index (χ2n) is 6.14. The van der Waals surface area contributed by atoms with Gasteiger partial charge in [-0.2, -0.15) is 0 Å². The maximum atomic E-state index is 12.1. The molecule has 0 aromatic heterocycles. The zero-order chi connectivity index (χ0) is 17.6. The summed E-state index contributed by atoms with van der Waals surface area (Å²) in [5.41, 5.74) is 1.68. The molecular formula is C19H20ClN3O2. The van der Waals surface area contributed by atoms with E-state index in [1.807, 2.05) is 35.2 Å². The van der Waals surface area contributed by atoms with Gasteiger partial charge in [-0.1, -0.05) is 54.1 Å². The van der Waals surface area contributed by atoms with Gasteiger partial charge in [-0.15, -0.1) is 0 Å². The molecule has 3 amide bonds. The summed E-state index contributed by atoms with van der Waals surface area (Å²) in [4.78, 5) is 26.0. The lowest BCUT2D eigenvalue weighted by molar-refractivity contribution is -0.128. The molecule has 1 heterocycles. The first-order valence-electron chi connectivity index (χ1n) is 8.23. The topological polar surface area (TPSA) is 61.4 Å². The summed E-state index contributed by atoms with van der Waals surface area (Å²) in [6.45, 7) is 1.72. The van der Waals surface area contributed by atoms with Gasteiger partial charge in [0.05, 0.1) is 10.7 Å². The summed E-state index contributed by atoms with van der Waals surface area (Å²) in [7, 11) is 0. The van der Waals surface area contributed by atoms with Crippen molar-refractivity contribution in [2.75, 3.05) is 18.4 Å². The summed E-state index contributed by atoms with van der Waals surface area (Å²) in [6, 6.07) is 16.7. The molecule has 0 spiro atoms. The van der Waals surface area contributed by atoms with E-state index in [4.69, 9.17) is 11.6 Å². The Balaban J connectivity index is 1.47. The zero-order valence-electron chi connectivity index (χ0n) is 13.7. The highest BCUT2D eigenvalue weighted by Gasteiger charge is 2.29. The van der Waals surface area contributed by atoms with Crippen LogP contribution in [0.3, 0.4) is 0 Å². The van der Waals surface area contributed by atoms with Gasteiger partial charge in [-0.3, -0.25) is 4.79 Å². The van der Waals surface area contributed by atoms with Gasteiger partial charge in [-0.05, 0) is 17.7 Å². The van der Waals surface area contributed by atoms with Crippen LogP contribution in [0, 0.1) is 5.92 Å². The highest BCUT2D eigenvalue weighted by molar-refractivity contribution is 6.33. The predicted octanol–water partition coefficient (Wildman–Crippen LogP) is 3.51. The van der Waals surface area contributed by atoms with Gasteiger partial charge >= 0.3 is 6.03 Å². The number of carbonyl (C=O) groups is 2. The van der Waals surface area contributed by atoms with Gasteiger partial charge < -0.3 is 15.5 Å². The van der Waals surface area contributed by atoms with Crippen molar-refractivity contribution < 1.29 is 9.59 Å². The van der Waals surface area contributed by atoms with Crippen LogP contribution in [-0.2, 0) is 11.3 Å². The first kappa shape index (κ1) is 17.3. The molecule has 1 aliphatic heterocycles. The van der Waals surface area contributed by atoms with Crippen LogP contribution in [0.1, 0.15) is 12.0 Å². The van der Waals surface area contributed by atoms with Crippen molar-refractivity contribution in [3.05, 3.63) is 65.2 Å². The van der Waals surface area contributed by atoms with Crippen LogP contribution in [-0.4, -0.2) is 29.9 Å². The summed E-state index contributed by atoms with van der Waals surface area (Å²) >= 11 is 6.02. The smallest absolute Gasteiger partial charge is 0.319 e. The lowest BCUT2D eigenvalue weighted by Crippen LogP contribution is -2.34. The molecule has 2 aromatic rings. The average Bonchev–Trinajstić information content (AvgIpc) is 2.96. The number of para-hydroxylation sites is 1. The van der Waals surface area contributed by atoms with Gasteiger partial charge in [0.2, 0.25) is 5.91 Å². The molecule has 0 aliphatic carbocycles. The number of likely N-dealkylation sites (tertiary alicyclic amines) is 1. The van der Waals surface area contributed by atoms with Crippen LogP contribution in [0.5, 0.6) is 0 Å². The molecule has 1 saturated heterocycles. The van der Waals surface area contributed by atoms with Crippen LogP contribution >= 0.6 is 11.6 Å². The molecule has 130 valence electrons. The molecule has 5 nitrogen and oxygen atoms in total. The molecule has 25 heavy (non-hydrogen) atoms. The molecule has 1 atom stereocenters. The van der Waals surface area contributed by atoms with E-state index in [0.29, 0.717) is 36.8 Å². The van der Waals surface area contributed by atoms with Crippen molar-refractivity contribution >= 4 is 29.2 Å². The third-order valence-electron chi connectivity index (χ3n) is 4.18. The summed E-state index contributed by atoms with van der Waals surface area (Å²) < 4.78 is 0. The normalized spacial score (nSPS) is 16.8. The Kier molecular flexibility index (Phi) is 5.56. The first-order chi connectivity index (χ1) is 12.1. The second kappa shape index (κ2) is 8.03. The minimum atomic E-state index is -0.318. The van der Waals surface area contributed by atoms with Crippen LogP contribution in [0.2, 0.25) is 5.02 Å². The monoisotopic (exact) mass is 357 g/mol. The van der Waals surface area contributed by atoms with Crippen molar-refractivity contribution in [1.82, 2.24) is 10.2 Å². The van der Waals surface area contributed by atoms with Gasteiger partial charge in [0, 0.05) is 32.0 Å². The molecule has 3 rings (SSSR count). The van der Waals surface area contributed by atoms with Crippen molar-refractivity contribution in [2.45, 2.75) is 13.0 Å². The zero-order valence-corrected chi connectivity index (χ0v) is 14.5. The standard InChI is InChI=1S/C19H20ClN3O2/c20-16-8-4-5-9-17(16)22-19(25)21-11-15-10-18(24)23(13-15)12-14-6-2-1-3-7-14/h1-9,15H,10-13H2,(H2,21,22,25). The lowest BCUT2D eigenvalue weighted by Gasteiger charge is -2.17. The van der Waals surface area contributed by atoms with Crippen molar-refractivity contribution in [1.29, 1.82) is 0 Å². The fourth-order valence-electron chi connectivity index (χ4n) is 2.91. The molecular weight excluding hydrogens is 338 g/mol. The van der Waals surface area contributed by atoms with E-state index in [2.05, 4.69) is 10.6 Å². The summed E-state index contributed by atoms with van der Waals surface area (Å²) in [6.07, 6.45) is 0.458. The maximum absolute atomic E-state index is 12.1. The number of nitrogens with one attached hydrogen (secondary N) is 2. The molecule has 2 N–H and O–H groups in total. The number of hydrogen-bond donors (Lipinski definition) is 2. The maximum Gasteiger partial charge on any atom is 0.319 e. The van der Waals surface area contributed by atoms with Crippen LogP contribution in [0.15, 0.2) is 54.6 Å².